The molecule has 0 amide bonds. The van der Waals surface area contributed by atoms with Gasteiger partial charge in [-0.15, -0.1) is 0 Å². The summed E-state index contributed by atoms with van der Waals surface area (Å²) in [6.07, 6.45) is 2.03. The molecule has 0 aliphatic rings. The molecule has 0 aliphatic carbocycles. The highest BCUT2D eigenvalue weighted by atomic mass is 19.1. The van der Waals surface area contributed by atoms with Crippen LogP contribution in [0.25, 0.3) is 0 Å². The summed E-state index contributed by atoms with van der Waals surface area (Å²) in [4.78, 5) is 0. The minimum absolute atomic E-state index is 0.162. The number of nitrogens with zero attached hydrogens (tertiary/aromatic N) is 2. The second-order valence-corrected chi connectivity index (χ2v) is 5.01. The molecule has 0 saturated carbocycles. The lowest BCUT2D eigenvalue weighted by Gasteiger charge is -2.20. The highest BCUT2D eigenvalue weighted by Gasteiger charge is 2.15. The van der Waals surface area contributed by atoms with Crippen molar-refractivity contribution in [2.45, 2.75) is 32.9 Å². The van der Waals surface area contributed by atoms with Crippen LogP contribution in [0, 0.1) is 12.7 Å². The molecule has 0 bridgehead atoms. The van der Waals surface area contributed by atoms with Crippen LogP contribution in [0.15, 0.2) is 30.5 Å². The molecule has 2 rings (SSSR count). The number of nitrogens with one attached hydrogen (secondary N) is 1. The number of halogens is 1. The Bertz CT molecular complexity index is 545. The van der Waals surface area contributed by atoms with Gasteiger partial charge in [0.15, 0.2) is 0 Å². The maximum Gasteiger partial charge on any atom is 0.123 e. The summed E-state index contributed by atoms with van der Waals surface area (Å²) in [5.41, 5.74) is 3.31. The van der Waals surface area contributed by atoms with Gasteiger partial charge >= 0.3 is 0 Å². The summed E-state index contributed by atoms with van der Waals surface area (Å²) in [5, 5.41) is 7.86. The number of aryl methyl sites for hydroxylation is 2. The second kappa shape index (κ2) is 5.53. The van der Waals surface area contributed by atoms with Gasteiger partial charge in [-0.3, -0.25) is 4.68 Å². The van der Waals surface area contributed by atoms with Crippen molar-refractivity contribution in [2.75, 3.05) is 0 Å². The van der Waals surface area contributed by atoms with Crippen molar-refractivity contribution in [3.63, 3.8) is 0 Å². The molecule has 0 fully saturated rings. The fourth-order valence-corrected chi connectivity index (χ4v) is 2.36. The molecule has 0 spiro atoms. The standard InChI is InChI=1S/C15H20FN3/c1-10(13-5-7-14(16)8-6-13)17-11(2)15-9-19(4)18-12(15)3/h5-11,17H,1-4H3/t10-,11?/m0/s1. The molecule has 1 heterocycles. The molecule has 1 N–H and O–H groups in total. The third-order valence-electron chi connectivity index (χ3n) is 3.39. The molecule has 4 heteroatoms. The monoisotopic (exact) mass is 261 g/mol. The van der Waals surface area contributed by atoms with Crippen molar-refractivity contribution < 1.29 is 4.39 Å². The first-order chi connectivity index (χ1) is 8.97. The van der Waals surface area contributed by atoms with Crippen molar-refractivity contribution in [3.8, 4) is 0 Å². The Balaban J connectivity index is 2.08. The van der Waals surface area contributed by atoms with Crippen LogP contribution < -0.4 is 5.32 Å². The van der Waals surface area contributed by atoms with E-state index in [0.29, 0.717) is 0 Å². The minimum Gasteiger partial charge on any atom is -0.304 e. The molecule has 0 radical (unpaired) electrons. The van der Waals surface area contributed by atoms with Crippen LogP contribution in [-0.4, -0.2) is 9.78 Å². The molecular formula is C15H20FN3. The van der Waals surface area contributed by atoms with Crippen molar-refractivity contribution >= 4 is 0 Å². The van der Waals surface area contributed by atoms with Crippen LogP contribution >= 0.6 is 0 Å². The quantitative estimate of drug-likeness (QED) is 0.915. The van der Waals surface area contributed by atoms with Gasteiger partial charge in [0.2, 0.25) is 0 Å². The van der Waals surface area contributed by atoms with E-state index in [9.17, 15) is 4.39 Å². The molecule has 1 unspecified atom stereocenters. The highest BCUT2D eigenvalue weighted by molar-refractivity contribution is 5.22. The van der Waals surface area contributed by atoms with Crippen LogP contribution in [-0.2, 0) is 7.05 Å². The fourth-order valence-electron chi connectivity index (χ4n) is 2.36. The van der Waals surface area contributed by atoms with Gasteiger partial charge in [-0.2, -0.15) is 5.10 Å². The number of benzene rings is 1. The van der Waals surface area contributed by atoms with Gasteiger partial charge in [-0.1, -0.05) is 12.1 Å². The first-order valence-corrected chi connectivity index (χ1v) is 6.49. The van der Waals surface area contributed by atoms with Gasteiger partial charge < -0.3 is 5.32 Å². The smallest absolute Gasteiger partial charge is 0.123 e. The fraction of sp³-hybridized carbons (Fsp3) is 0.400. The topological polar surface area (TPSA) is 29.9 Å². The first kappa shape index (κ1) is 13.7. The van der Waals surface area contributed by atoms with Crippen LogP contribution in [0.4, 0.5) is 4.39 Å². The summed E-state index contributed by atoms with van der Waals surface area (Å²) in [6, 6.07) is 6.98. The van der Waals surface area contributed by atoms with Gasteiger partial charge in [0.05, 0.1) is 5.69 Å². The summed E-state index contributed by atoms with van der Waals surface area (Å²) < 4.78 is 14.7. The Kier molecular flexibility index (Phi) is 4.00. The maximum absolute atomic E-state index is 12.9. The van der Waals surface area contributed by atoms with E-state index in [0.717, 1.165) is 11.3 Å². The number of hydrogen-bond acceptors (Lipinski definition) is 2. The zero-order valence-corrected chi connectivity index (χ0v) is 11.8. The van der Waals surface area contributed by atoms with Gasteiger partial charge in [-0.25, -0.2) is 4.39 Å². The zero-order chi connectivity index (χ0) is 14.0. The van der Waals surface area contributed by atoms with Crippen LogP contribution in [0.3, 0.4) is 0 Å². The minimum atomic E-state index is -0.202. The molecule has 102 valence electrons. The van der Waals surface area contributed by atoms with Gasteiger partial charge in [0, 0.05) is 30.9 Å². The van der Waals surface area contributed by atoms with Crippen molar-refractivity contribution in [1.82, 2.24) is 15.1 Å². The molecule has 1 aromatic heterocycles. The predicted molar refractivity (Wildman–Crippen MR) is 74.3 cm³/mol. The normalized spacial score (nSPS) is 14.4. The van der Waals surface area contributed by atoms with E-state index in [1.807, 2.05) is 37.0 Å². The van der Waals surface area contributed by atoms with Crippen molar-refractivity contribution in [1.29, 1.82) is 0 Å². The lowest BCUT2D eigenvalue weighted by molar-refractivity contribution is 0.492. The molecule has 2 atom stereocenters. The summed E-state index contributed by atoms with van der Waals surface area (Å²) in [7, 11) is 1.92. The third kappa shape index (κ3) is 3.20. The van der Waals surface area contributed by atoms with E-state index in [-0.39, 0.29) is 17.9 Å². The Labute approximate surface area is 113 Å². The number of hydrogen-bond donors (Lipinski definition) is 1. The van der Waals surface area contributed by atoms with E-state index < -0.39 is 0 Å². The van der Waals surface area contributed by atoms with Gasteiger partial charge in [0.25, 0.3) is 0 Å². The molecule has 0 saturated heterocycles. The molecule has 2 aromatic rings. The molecule has 19 heavy (non-hydrogen) atoms. The molecule has 1 aromatic carbocycles. The average molecular weight is 261 g/mol. The lowest BCUT2D eigenvalue weighted by atomic mass is 10.0. The SMILES string of the molecule is Cc1nn(C)cc1C(C)N[C@@H](C)c1ccc(F)cc1. The maximum atomic E-state index is 12.9. The van der Waals surface area contributed by atoms with E-state index in [1.54, 1.807) is 0 Å². The number of aromatic nitrogens is 2. The van der Waals surface area contributed by atoms with Crippen LogP contribution in [0.2, 0.25) is 0 Å². The molecular weight excluding hydrogens is 241 g/mol. The lowest BCUT2D eigenvalue weighted by Crippen LogP contribution is -2.22. The predicted octanol–water partition coefficient (Wildman–Crippen LogP) is 3.28. The number of rotatable bonds is 4. The summed E-state index contributed by atoms with van der Waals surface area (Å²) in [5.74, 6) is -0.202. The van der Waals surface area contributed by atoms with Gasteiger partial charge in [-0.05, 0) is 38.5 Å². The van der Waals surface area contributed by atoms with Crippen LogP contribution in [0.1, 0.15) is 42.8 Å². The second-order valence-electron chi connectivity index (χ2n) is 5.01. The van der Waals surface area contributed by atoms with E-state index in [2.05, 4.69) is 24.3 Å². The van der Waals surface area contributed by atoms with E-state index in [4.69, 9.17) is 0 Å². The van der Waals surface area contributed by atoms with E-state index >= 15 is 0 Å². The van der Waals surface area contributed by atoms with Gasteiger partial charge in [0.1, 0.15) is 5.82 Å². The Morgan fingerprint density at radius 3 is 2.32 bits per heavy atom. The Morgan fingerprint density at radius 1 is 1.16 bits per heavy atom. The van der Waals surface area contributed by atoms with E-state index in [1.165, 1.54) is 17.7 Å². The zero-order valence-electron chi connectivity index (χ0n) is 11.8. The molecule has 3 nitrogen and oxygen atoms in total. The highest BCUT2D eigenvalue weighted by Crippen LogP contribution is 2.21. The largest absolute Gasteiger partial charge is 0.304 e. The van der Waals surface area contributed by atoms with Crippen molar-refractivity contribution in [2.24, 2.45) is 7.05 Å². The Morgan fingerprint density at radius 2 is 1.79 bits per heavy atom. The third-order valence-corrected chi connectivity index (χ3v) is 3.39. The molecule has 0 aliphatic heterocycles. The summed E-state index contributed by atoms with van der Waals surface area (Å²) in [6.45, 7) is 6.20. The summed E-state index contributed by atoms with van der Waals surface area (Å²) >= 11 is 0. The Hall–Kier alpha value is -1.68. The van der Waals surface area contributed by atoms with Crippen molar-refractivity contribution in [3.05, 3.63) is 53.1 Å². The van der Waals surface area contributed by atoms with Crippen LogP contribution in [0.5, 0.6) is 0 Å². The first-order valence-electron chi connectivity index (χ1n) is 6.49. The average Bonchev–Trinajstić information content (AvgIpc) is 2.69.